The number of nitrogens with one attached hydrogen (secondary N) is 1. The molecule has 0 aliphatic rings. The average molecular weight is 218 g/mol. The summed E-state index contributed by atoms with van der Waals surface area (Å²) in [7, 11) is 0. The predicted molar refractivity (Wildman–Crippen MR) is 54.2 cm³/mol. The maximum atomic E-state index is 11.3. The molecule has 0 aliphatic carbocycles. The summed E-state index contributed by atoms with van der Waals surface area (Å²) < 4.78 is 0. The van der Waals surface area contributed by atoms with Crippen molar-refractivity contribution in [2.45, 2.75) is 38.3 Å². The van der Waals surface area contributed by atoms with Gasteiger partial charge in [0.05, 0.1) is 6.04 Å². The second-order valence-electron chi connectivity index (χ2n) is 3.31. The van der Waals surface area contributed by atoms with Crippen LogP contribution in [0.15, 0.2) is 0 Å². The van der Waals surface area contributed by atoms with Crippen LogP contribution >= 0.6 is 0 Å². The zero-order valence-electron chi connectivity index (χ0n) is 8.77. The minimum absolute atomic E-state index is 0.0140. The maximum absolute atomic E-state index is 11.3. The van der Waals surface area contributed by atoms with E-state index in [0.717, 1.165) is 6.42 Å². The van der Waals surface area contributed by atoms with Crippen LogP contribution in [0.3, 0.4) is 0 Å². The molecule has 6 heteroatoms. The van der Waals surface area contributed by atoms with Crippen LogP contribution in [0, 0.1) is 0 Å². The van der Waals surface area contributed by atoms with Crippen molar-refractivity contribution in [3.8, 4) is 0 Å². The largest absolute Gasteiger partial charge is 0.480 e. The summed E-state index contributed by atoms with van der Waals surface area (Å²) in [6, 6.07) is -1.75. The first-order valence-electron chi connectivity index (χ1n) is 4.92. The van der Waals surface area contributed by atoms with Gasteiger partial charge in [0.1, 0.15) is 6.04 Å². The molecule has 0 aromatic carbocycles. The Balaban J connectivity index is 4.15. The second kappa shape index (κ2) is 7.19. The number of amides is 1. The fraction of sp³-hybridized carbons (Fsp3) is 0.778. The molecule has 0 fully saturated rings. The number of carbonyl (C=O) groups excluding carboxylic acids is 1. The number of hydrogen-bond acceptors (Lipinski definition) is 4. The monoisotopic (exact) mass is 218 g/mol. The first kappa shape index (κ1) is 13.9. The van der Waals surface area contributed by atoms with Gasteiger partial charge in [-0.15, -0.1) is 0 Å². The number of aliphatic hydroxyl groups is 1. The maximum Gasteiger partial charge on any atom is 0.326 e. The Kier molecular flexibility index (Phi) is 6.64. The lowest BCUT2D eigenvalue weighted by Crippen LogP contribution is -2.48. The summed E-state index contributed by atoms with van der Waals surface area (Å²) in [5.74, 6) is -1.65. The van der Waals surface area contributed by atoms with E-state index in [1.165, 1.54) is 0 Å². The first-order valence-corrected chi connectivity index (χ1v) is 4.92. The highest BCUT2D eigenvalue weighted by Crippen LogP contribution is 1.96. The highest BCUT2D eigenvalue weighted by molar-refractivity contribution is 5.86. The van der Waals surface area contributed by atoms with Crippen LogP contribution in [0.1, 0.15) is 26.2 Å². The van der Waals surface area contributed by atoms with Crippen molar-refractivity contribution < 1.29 is 19.8 Å². The second-order valence-corrected chi connectivity index (χ2v) is 3.31. The Morgan fingerprint density at radius 2 is 2.00 bits per heavy atom. The summed E-state index contributed by atoms with van der Waals surface area (Å²) >= 11 is 0. The van der Waals surface area contributed by atoms with Crippen LogP contribution in [0.4, 0.5) is 0 Å². The van der Waals surface area contributed by atoms with Crippen LogP contribution in [0.2, 0.25) is 0 Å². The third kappa shape index (κ3) is 5.34. The lowest BCUT2D eigenvalue weighted by molar-refractivity contribution is -0.142. The molecule has 1 unspecified atom stereocenters. The summed E-state index contributed by atoms with van der Waals surface area (Å²) in [5.41, 5.74) is 5.50. The highest BCUT2D eigenvalue weighted by atomic mass is 16.4. The van der Waals surface area contributed by atoms with Gasteiger partial charge in [-0.3, -0.25) is 4.79 Å². The zero-order valence-corrected chi connectivity index (χ0v) is 8.77. The molecule has 5 N–H and O–H groups in total. The van der Waals surface area contributed by atoms with Gasteiger partial charge in [-0.25, -0.2) is 4.79 Å². The van der Waals surface area contributed by atoms with E-state index in [2.05, 4.69) is 5.32 Å². The molecular formula is C9H18N2O4. The lowest BCUT2D eigenvalue weighted by atomic mass is 10.1. The van der Waals surface area contributed by atoms with Crippen molar-refractivity contribution in [1.82, 2.24) is 5.32 Å². The standard InChI is InChI=1S/C9H18N2O4/c1-2-3-6(10)8(13)11-7(4-5-12)9(14)15/h6-7,12H,2-5,10H2,1H3,(H,11,13)(H,14,15)/t6-,7?/m0/s1. The van der Waals surface area contributed by atoms with Gasteiger partial charge < -0.3 is 21.3 Å². The molecule has 0 spiro atoms. The van der Waals surface area contributed by atoms with Gasteiger partial charge in [-0.2, -0.15) is 0 Å². The molecule has 0 bridgehead atoms. The Labute approximate surface area is 88.5 Å². The molecule has 0 rings (SSSR count). The SMILES string of the molecule is CCC[C@H](N)C(=O)NC(CCO)C(=O)O. The van der Waals surface area contributed by atoms with E-state index < -0.39 is 24.0 Å². The van der Waals surface area contributed by atoms with Gasteiger partial charge in [0.25, 0.3) is 0 Å². The zero-order chi connectivity index (χ0) is 11.8. The number of carboxylic acids is 1. The molecule has 6 nitrogen and oxygen atoms in total. The quantitative estimate of drug-likeness (QED) is 0.441. The third-order valence-corrected chi connectivity index (χ3v) is 1.97. The molecule has 0 aromatic heterocycles. The number of rotatable bonds is 7. The number of carbonyl (C=O) groups is 2. The molecule has 0 aliphatic heterocycles. The summed E-state index contributed by atoms with van der Waals surface area (Å²) in [6.07, 6.45) is 1.25. The van der Waals surface area contributed by atoms with Crippen molar-refractivity contribution >= 4 is 11.9 Å². The van der Waals surface area contributed by atoms with E-state index in [0.29, 0.717) is 6.42 Å². The van der Waals surface area contributed by atoms with Crippen molar-refractivity contribution in [1.29, 1.82) is 0 Å². The van der Waals surface area contributed by atoms with Crippen molar-refractivity contribution in [3.05, 3.63) is 0 Å². The molecule has 0 aromatic rings. The van der Waals surface area contributed by atoms with Gasteiger partial charge in [-0.1, -0.05) is 13.3 Å². The van der Waals surface area contributed by atoms with Gasteiger partial charge in [-0.05, 0) is 6.42 Å². The summed E-state index contributed by atoms with van der Waals surface area (Å²) in [4.78, 5) is 22.0. The molecular weight excluding hydrogens is 200 g/mol. The molecule has 1 amide bonds. The molecule has 0 saturated carbocycles. The van der Waals surface area contributed by atoms with E-state index in [4.69, 9.17) is 15.9 Å². The topological polar surface area (TPSA) is 113 Å². The van der Waals surface area contributed by atoms with Gasteiger partial charge in [0.2, 0.25) is 5.91 Å². The number of nitrogens with two attached hydrogens (primary N) is 1. The molecule has 15 heavy (non-hydrogen) atoms. The van der Waals surface area contributed by atoms with E-state index in [1.807, 2.05) is 6.92 Å². The fourth-order valence-corrected chi connectivity index (χ4v) is 1.11. The van der Waals surface area contributed by atoms with E-state index >= 15 is 0 Å². The predicted octanol–water partition coefficient (Wildman–Crippen LogP) is -0.934. The van der Waals surface area contributed by atoms with Gasteiger partial charge in [0, 0.05) is 13.0 Å². The summed E-state index contributed by atoms with van der Waals surface area (Å²) in [5, 5.41) is 19.6. The van der Waals surface area contributed by atoms with Crippen LogP contribution in [0.25, 0.3) is 0 Å². The van der Waals surface area contributed by atoms with Gasteiger partial charge in [0.15, 0.2) is 0 Å². The number of hydrogen-bond donors (Lipinski definition) is 4. The smallest absolute Gasteiger partial charge is 0.326 e. The van der Waals surface area contributed by atoms with Crippen LogP contribution < -0.4 is 11.1 Å². The van der Waals surface area contributed by atoms with Crippen LogP contribution in [-0.2, 0) is 9.59 Å². The van der Waals surface area contributed by atoms with Crippen molar-refractivity contribution in [2.75, 3.05) is 6.61 Å². The third-order valence-electron chi connectivity index (χ3n) is 1.97. The fourth-order valence-electron chi connectivity index (χ4n) is 1.11. The summed E-state index contributed by atoms with van der Waals surface area (Å²) in [6.45, 7) is 1.59. The van der Waals surface area contributed by atoms with E-state index in [1.54, 1.807) is 0 Å². The number of carboxylic acid groups (broad SMARTS) is 1. The van der Waals surface area contributed by atoms with Crippen LogP contribution in [-0.4, -0.2) is 40.8 Å². The molecule has 88 valence electrons. The molecule has 0 saturated heterocycles. The normalized spacial score (nSPS) is 14.3. The molecule has 0 radical (unpaired) electrons. The highest BCUT2D eigenvalue weighted by Gasteiger charge is 2.21. The Bertz CT molecular complexity index is 220. The van der Waals surface area contributed by atoms with Crippen LogP contribution in [0.5, 0.6) is 0 Å². The molecule has 0 heterocycles. The van der Waals surface area contributed by atoms with E-state index in [9.17, 15) is 9.59 Å². The minimum Gasteiger partial charge on any atom is -0.480 e. The van der Waals surface area contributed by atoms with E-state index in [-0.39, 0.29) is 13.0 Å². The number of aliphatic carboxylic acids is 1. The average Bonchev–Trinajstić information content (AvgIpc) is 2.17. The lowest BCUT2D eigenvalue weighted by Gasteiger charge is -2.16. The Morgan fingerprint density at radius 1 is 1.40 bits per heavy atom. The number of aliphatic hydroxyl groups excluding tert-OH is 1. The Hall–Kier alpha value is -1.14. The molecule has 2 atom stereocenters. The minimum atomic E-state index is -1.17. The Morgan fingerprint density at radius 3 is 2.40 bits per heavy atom. The first-order chi connectivity index (χ1) is 7.02. The van der Waals surface area contributed by atoms with Crippen molar-refractivity contribution in [3.63, 3.8) is 0 Å². The van der Waals surface area contributed by atoms with Crippen molar-refractivity contribution in [2.24, 2.45) is 5.73 Å². The van der Waals surface area contributed by atoms with Gasteiger partial charge >= 0.3 is 5.97 Å².